The number of aromatic nitrogens is 3. The van der Waals surface area contributed by atoms with Crippen LogP contribution in [0.3, 0.4) is 0 Å². The Bertz CT molecular complexity index is 503. The van der Waals surface area contributed by atoms with Crippen LogP contribution in [0.25, 0.3) is 0 Å². The van der Waals surface area contributed by atoms with Crippen LogP contribution in [0.1, 0.15) is 23.4 Å². The molecule has 0 unspecified atom stereocenters. The molecule has 102 valence electrons. The molecule has 1 aromatic rings. The maximum atomic E-state index is 11.2. The average molecular weight is 267 g/mol. The first-order chi connectivity index (χ1) is 9.08. The zero-order valence-corrected chi connectivity index (χ0v) is 10.6. The van der Waals surface area contributed by atoms with Crippen LogP contribution in [0.5, 0.6) is 0 Å². The zero-order chi connectivity index (χ0) is 14.3. The predicted molar refractivity (Wildman–Crippen MR) is 61.9 cm³/mol. The van der Waals surface area contributed by atoms with Crippen molar-refractivity contribution in [1.82, 2.24) is 14.8 Å². The van der Waals surface area contributed by atoms with Gasteiger partial charge in [0.15, 0.2) is 0 Å². The Balaban J connectivity index is 2.53. The van der Waals surface area contributed by atoms with E-state index in [1.54, 1.807) is 0 Å². The van der Waals surface area contributed by atoms with Crippen molar-refractivity contribution in [2.45, 2.75) is 13.7 Å². The van der Waals surface area contributed by atoms with E-state index in [2.05, 4.69) is 25.5 Å². The van der Waals surface area contributed by atoms with Gasteiger partial charge >= 0.3 is 11.9 Å². The fraction of sp³-hybridized carbons (Fsp3) is 0.455. The van der Waals surface area contributed by atoms with Gasteiger partial charge in [-0.1, -0.05) is 0 Å². The summed E-state index contributed by atoms with van der Waals surface area (Å²) in [5, 5.41) is 3.84. The summed E-state index contributed by atoms with van der Waals surface area (Å²) in [6.07, 6.45) is 5.23. The molecule has 0 N–H and O–H groups in total. The highest BCUT2D eigenvalue weighted by Crippen LogP contribution is 1.99. The minimum absolute atomic E-state index is 0.00913. The van der Waals surface area contributed by atoms with Crippen molar-refractivity contribution in [3.8, 4) is 12.3 Å². The first kappa shape index (κ1) is 14.7. The highest BCUT2D eigenvalue weighted by atomic mass is 16.6. The number of carbonyl (C=O) groups is 2. The van der Waals surface area contributed by atoms with Crippen LogP contribution >= 0.6 is 0 Å². The van der Waals surface area contributed by atoms with Crippen LogP contribution in [-0.4, -0.2) is 47.0 Å². The summed E-state index contributed by atoms with van der Waals surface area (Å²) in [6.45, 7) is 1.59. The maximum absolute atomic E-state index is 11.2. The van der Waals surface area contributed by atoms with Crippen molar-refractivity contribution in [3.63, 3.8) is 0 Å². The van der Waals surface area contributed by atoms with Crippen LogP contribution in [-0.2, 0) is 25.7 Å². The van der Waals surface area contributed by atoms with Gasteiger partial charge in [-0.05, 0) is 5.92 Å². The molecule has 0 atom stereocenters. The Morgan fingerprint density at radius 2 is 2.16 bits per heavy atom. The van der Waals surface area contributed by atoms with E-state index in [0.717, 1.165) is 0 Å². The van der Waals surface area contributed by atoms with Gasteiger partial charge in [0.25, 0.3) is 5.82 Å². The smallest absolute Gasteiger partial charge is 0.378 e. The first-order valence-corrected chi connectivity index (χ1v) is 5.29. The zero-order valence-electron chi connectivity index (χ0n) is 10.6. The monoisotopic (exact) mass is 267 g/mol. The molecule has 0 spiro atoms. The SMILES string of the molecule is C#Cc1nc(C(=O)OC)nn1COCCOC(C)=O. The van der Waals surface area contributed by atoms with Crippen molar-refractivity contribution in [1.29, 1.82) is 0 Å². The number of hydrogen-bond acceptors (Lipinski definition) is 7. The molecule has 0 saturated carbocycles. The van der Waals surface area contributed by atoms with Crippen molar-refractivity contribution < 1.29 is 23.8 Å². The van der Waals surface area contributed by atoms with E-state index in [1.807, 2.05) is 0 Å². The minimum atomic E-state index is -0.685. The molecule has 1 aromatic heterocycles. The molecule has 8 heteroatoms. The number of terminal acetylenes is 1. The van der Waals surface area contributed by atoms with Gasteiger partial charge in [0.2, 0.25) is 5.82 Å². The number of rotatable bonds is 6. The Morgan fingerprint density at radius 1 is 1.42 bits per heavy atom. The number of hydrogen-bond donors (Lipinski definition) is 0. The number of methoxy groups -OCH3 is 1. The molecule has 0 aliphatic rings. The van der Waals surface area contributed by atoms with E-state index >= 15 is 0 Å². The van der Waals surface area contributed by atoms with Gasteiger partial charge in [0, 0.05) is 6.92 Å². The molecule has 1 rings (SSSR count). The first-order valence-electron chi connectivity index (χ1n) is 5.29. The van der Waals surface area contributed by atoms with Crippen LogP contribution < -0.4 is 0 Å². The van der Waals surface area contributed by atoms with Gasteiger partial charge in [-0.15, -0.1) is 11.5 Å². The lowest BCUT2D eigenvalue weighted by molar-refractivity contribution is -0.142. The van der Waals surface area contributed by atoms with E-state index in [4.69, 9.17) is 11.2 Å². The van der Waals surface area contributed by atoms with E-state index in [9.17, 15) is 9.59 Å². The molecule has 19 heavy (non-hydrogen) atoms. The van der Waals surface area contributed by atoms with Crippen molar-refractivity contribution in [3.05, 3.63) is 11.6 Å². The third-order valence-electron chi connectivity index (χ3n) is 1.92. The summed E-state index contributed by atoms with van der Waals surface area (Å²) >= 11 is 0. The van der Waals surface area contributed by atoms with Crippen molar-refractivity contribution in [2.24, 2.45) is 0 Å². The lowest BCUT2D eigenvalue weighted by Crippen LogP contribution is -2.12. The lowest BCUT2D eigenvalue weighted by Gasteiger charge is -2.04. The van der Waals surface area contributed by atoms with Gasteiger partial charge in [0.05, 0.1) is 13.7 Å². The summed E-state index contributed by atoms with van der Waals surface area (Å²) in [6, 6.07) is 0. The Labute approximate surface area is 109 Å². The summed E-state index contributed by atoms with van der Waals surface area (Å²) < 4.78 is 15.6. The molecule has 0 fully saturated rings. The fourth-order valence-electron chi connectivity index (χ4n) is 1.11. The summed E-state index contributed by atoms with van der Waals surface area (Å²) in [7, 11) is 1.22. The van der Waals surface area contributed by atoms with E-state index in [0.29, 0.717) is 0 Å². The van der Waals surface area contributed by atoms with Gasteiger partial charge in [0.1, 0.15) is 13.3 Å². The molecule has 0 aliphatic carbocycles. The molecule has 0 bridgehead atoms. The fourth-order valence-corrected chi connectivity index (χ4v) is 1.11. The standard InChI is InChI=1S/C11H13N3O5/c1-4-9-12-10(11(16)17-3)13-14(9)7-18-5-6-19-8(2)15/h1H,5-7H2,2-3H3. The van der Waals surface area contributed by atoms with E-state index < -0.39 is 5.97 Å². The second kappa shape index (κ2) is 7.13. The number of ether oxygens (including phenoxy) is 3. The van der Waals surface area contributed by atoms with Gasteiger partial charge < -0.3 is 14.2 Å². The second-order valence-electron chi connectivity index (χ2n) is 3.27. The third-order valence-corrected chi connectivity index (χ3v) is 1.92. The molecular formula is C11H13N3O5. The molecule has 0 radical (unpaired) electrons. The molecule has 0 amide bonds. The highest BCUT2D eigenvalue weighted by molar-refractivity contribution is 5.84. The minimum Gasteiger partial charge on any atom is -0.463 e. The van der Waals surface area contributed by atoms with Gasteiger partial charge in [-0.2, -0.15) is 4.98 Å². The summed E-state index contributed by atoms with van der Waals surface area (Å²) in [5.41, 5.74) is 0. The Hall–Kier alpha value is -2.40. The average Bonchev–Trinajstić information content (AvgIpc) is 2.80. The summed E-state index contributed by atoms with van der Waals surface area (Å²) in [4.78, 5) is 25.5. The normalized spacial score (nSPS) is 9.74. The second-order valence-corrected chi connectivity index (χ2v) is 3.27. The van der Waals surface area contributed by atoms with Gasteiger partial charge in [-0.25, -0.2) is 9.48 Å². The van der Waals surface area contributed by atoms with Crippen LogP contribution in [0, 0.1) is 12.3 Å². The lowest BCUT2D eigenvalue weighted by atomic mass is 10.6. The Kier molecular flexibility index (Phi) is 5.50. The molecule has 1 heterocycles. The summed E-state index contributed by atoms with van der Waals surface area (Å²) in [5.74, 6) is 1.20. The molecule has 0 aliphatic heterocycles. The maximum Gasteiger partial charge on any atom is 0.378 e. The molecule has 0 aromatic carbocycles. The van der Waals surface area contributed by atoms with Crippen molar-refractivity contribution in [2.75, 3.05) is 20.3 Å². The largest absolute Gasteiger partial charge is 0.463 e. The van der Waals surface area contributed by atoms with Crippen molar-refractivity contribution >= 4 is 11.9 Å². The molecule has 0 saturated heterocycles. The van der Waals surface area contributed by atoms with Crippen LogP contribution in [0.4, 0.5) is 0 Å². The quantitative estimate of drug-likeness (QED) is 0.392. The number of carbonyl (C=O) groups excluding carboxylic acids is 2. The van der Waals surface area contributed by atoms with Gasteiger partial charge in [-0.3, -0.25) is 4.79 Å². The molecular weight excluding hydrogens is 254 g/mol. The van der Waals surface area contributed by atoms with E-state index in [-0.39, 0.29) is 37.6 Å². The predicted octanol–water partition coefficient (Wildman–Crippen LogP) is -0.417. The topological polar surface area (TPSA) is 92.5 Å². The Morgan fingerprint density at radius 3 is 2.74 bits per heavy atom. The van der Waals surface area contributed by atoms with E-state index in [1.165, 1.54) is 18.7 Å². The highest BCUT2D eigenvalue weighted by Gasteiger charge is 2.15. The third kappa shape index (κ3) is 4.40. The van der Waals surface area contributed by atoms with Crippen LogP contribution in [0.15, 0.2) is 0 Å². The number of nitrogens with zero attached hydrogens (tertiary/aromatic N) is 3. The molecule has 8 nitrogen and oxygen atoms in total. The van der Waals surface area contributed by atoms with Crippen LogP contribution in [0.2, 0.25) is 0 Å². The number of esters is 2.